The Morgan fingerprint density at radius 2 is 1.81 bits per heavy atom. The highest BCUT2D eigenvalue weighted by Crippen LogP contribution is 2.35. The van der Waals surface area contributed by atoms with Crippen molar-refractivity contribution in [3.05, 3.63) is 85.5 Å². The van der Waals surface area contributed by atoms with Gasteiger partial charge in [0.15, 0.2) is 0 Å². The Kier molecular flexibility index (Phi) is 6.28. The molecule has 0 unspecified atom stereocenters. The van der Waals surface area contributed by atoms with Crippen molar-refractivity contribution in [2.75, 3.05) is 23.3 Å². The van der Waals surface area contributed by atoms with Gasteiger partial charge in [-0.1, -0.05) is 17.7 Å². The Balaban J connectivity index is 1.03. The van der Waals surface area contributed by atoms with Crippen LogP contribution in [-0.2, 0) is 24.2 Å². The zero-order valence-electron chi connectivity index (χ0n) is 20.6. The zero-order chi connectivity index (χ0) is 25.5. The topological polar surface area (TPSA) is 90.4 Å². The maximum atomic E-state index is 12.9. The average molecular weight is 520 g/mol. The van der Waals surface area contributed by atoms with Gasteiger partial charge in [0, 0.05) is 54.6 Å². The van der Waals surface area contributed by atoms with Gasteiger partial charge < -0.3 is 15.1 Å². The van der Waals surface area contributed by atoms with E-state index in [0.717, 1.165) is 43.6 Å². The van der Waals surface area contributed by atoms with Crippen molar-refractivity contribution in [2.24, 2.45) is 0 Å². The minimum atomic E-state index is -0.470. The van der Waals surface area contributed by atoms with Crippen LogP contribution in [0.1, 0.15) is 36.8 Å². The molecule has 37 heavy (non-hydrogen) atoms. The van der Waals surface area contributed by atoms with Gasteiger partial charge in [-0.15, -0.1) is 0 Å². The minimum absolute atomic E-state index is 0.0858. The predicted octanol–water partition coefficient (Wildman–Crippen LogP) is 3.69. The molecule has 2 aromatic carbocycles. The quantitative estimate of drug-likeness (QED) is 0.497. The molecule has 3 aromatic rings. The summed E-state index contributed by atoms with van der Waals surface area (Å²) in [6, 6.07) is 15.9. The third kappa shape index (κ3) is 4.78. The van der Waals surface area contributed by atoms with E-state index in [9.17, 15) is 14.4 Å². The molecule has 2 aliphatic heterocycles. The lowest BCUT2D eigenvalue weighted by atomic mass is 10.1. The van der Waals surface area contributed by atoms with E-state index in [1.165, 1.54) is 21.8 Å². The average Bonchev–Trinajstić information content (AvgIpc) is 3.62. The first-order valence-electron chi connectivity index (χ1n) is 13.0. The third-order valence-corrected chi connectivity index (χ3v) is 8.14. The lowest BCUT2D eigenvalue weighted by molar-refractivity contribution is -0.132. The fraction of sp³-hybridized carbons (Fsp3) is 0.393. The second-order valence-electron chi connectivity index (χ2n) is 10.3. The highest BCUT2D eigenvalue weighted by molar-refractivity contribution is 6.30. The lowest BCUT2D eigenvalue weighted by Crippen LogP contribution is -2.48. The number of aromatic amines is 1. The molecule has 9 heteroatoms. The highest BCUT2D eigenvalue weighted by atomic mass is 35.5. The van der Waals surface area contributed by atoms with Crippen molar-refractivity contribution >= 4 is 34.7 Å². The van der Waals surface area contributed by atoms with Crippen LogP contribution in [0.3, 0.4) is 0 Å². The molecule has 1 amide bonds. The van der Waals surface area contributed by atoms with Crippen molar-refractivity contribution in [1.29, 1.82) is 0 Å². The molecule has 2 atom stereocenters. The third-order valence-electron chi connectivity index (χ3n) is 7.89. The van der Waals surface area contributed by atoms with Crippen molar-refractivity contribution in [2.45, 2.75) is 57.2 Å². The molecule has 6 rings (SSSR count). The summed E-state index contributed by atoms with van der Waals surface area (Å²) in [5.74, 6) is 0.459. The van der Waals surface area contributed by atoms with Gasteiger partial charge in [-0.05, 0) is 79.6 Å². The first-order chi connectivity index (χ1) is 17.9. The number of hydrogen-bond donors (Lipinski definition) is 2. The normalized spacial score (nSPS) is 19.9. The number of piperazine rings is 1. The van der Waals surface area contributed by atoms with Crippen LogP contribution in [0.5, 0.6) is 0 Å². The molecular weight excluding hydrogens is 490 g/mol. The van der Waals surface area contributed by atoms with E-state index in [1.807, 2.05) is 35.2 Å². The van der Waals surface area contributed by atoms with Crippen LogP contribution in [-0.4, -0.2) is 45.5 Å². The lowest BCUT2D eigenvalue weighted by Gasteiger charge is -2.35. The molecule has 1 aliphatic carbocycles. The van der Waals surface area contributed by atoms with Crippen molar-refractivity contribution in [1.82, 2.24) is 14.5 Å². The molecule has 2 saturated heterocycles. The summed E-state index contributed by atoms with van der Waals surface area (Å²) < 4.78 is 1.17. The standard InChI is InChI=1S/C28H30ClN5O3/c29-20-7-10-22(11-8-20)33-16-24-14-23(33)17-34(24)26(35)5-2-12-32-27(36)15-25(31-28(32)37)30-21-9-6-18-3-1-4-19(18)13-21/h6-11,13,15,23-24,30H,1-5,12,14,16-17H2,(H,31,37)/t23-,24-/m0/s1. The Hall–Kier alpha value is -3.52. The second-order valence-corrected chi connectivity index (χ2v) is 10.7. The number of fused-ring (bicyclic) bond motifs is 3. The summed E-state index contributed by atoms with van der Waals surface area (Å²) in [5, 5.41) is 3.86. The Morgan fingerprint density at radius 1 is 1.00 bits per heavy atom. The van der Waals surface area contributed by atoms with Crippen LogP contribution in [0.15, 0.2) is 58.1 Å². The smallest absolute Gasteiger partial charge is 0.329 e. The number of nitrogens with one attached hydrogen (secondary N) is 2. The van der Waals surface area contributed by atoms with Crippen LogP contribution in [0.25, 0.3) is 0 Å². The number of amides is 1. The van der Waals surface area contributed by atoms with E-state index < -0.39 is 5.69 Å². The SMILES string of the molecule is O=C(CCCn1c(=O)cc(Nc2ccc3c(c2)CCC3)[nH]c1=O)N1C[C@@H]2C[C@H]1CN2c1ccc(Cl)cc1. The molecule has 0 spiro atoms. The summed E-state index contributed by atoms with van der Waals surface area (Å²) in [7, 11) is 0. The van der Waals surface area contributed by atoms with E-state index in [1.54, 1.807) is 0 Å². The fourth-order valence-electron chi connectivity index (χ4n) is 6.06. The van der Waals surface area contributed by atoms with E-state index in [-0.39, 0.29) is 24.1 Å². The van der Waals surface area contributed by atoms with Crippen LogP contribution < -0.4 is 21.5 Å². The minimum Gasteiger partial charge on any atom is -0.365 e. The molecule has 2 bridgehead atoms. The number of hydrogen-bond acceptors (Lipinski definition) is 5. The van der Waals surface area contributed by atoms with Crippen LogP contribution >= 0.6 is 11.6 Å². The Labute approximate surface area is 219 Å². The first-order valence-corrected chi connectivity index (χ1v) is 13.4. The van der Waals surface area contributed by atoms with E-state index in [2.05, 4.69) is 27.3 Å². The van der Waals surface area contributed by atoms with Gasteiger partial charge in [0.05, 0.1) is 6.04 Å². The van der Waals surface area contributed by atoms with Crippen LogP contribution in [0.4, 0.5) is 17.2 Å². The molecule has 8 nitrogen and oxygen atoms in total. The zero-order valence-corrected chi connectivity index (χ0v) is 21.3. The molecule has 192 valence electrons. The number of likely N-dealkylation sites (tertiary alicyclic amines) is 1. The summed E-state index contributed by atoms with van der Waals surface area (Å²) in [5.41, 5.74) is 3.82. The maximum absolute atomic E-state index is 12.9. The first kappa shape index (κ1) is 23.9. The Morgan fingerprint density at radius 3 is 2.57 bits per heavy atom. The van der Waals surface area contributed by atoms with Gasteiger partial charge in [-0.2, -0.15) is 0 Å². The van der Waals surface area contributed by atoms with E-state index >= 15 is 0 Å². The van der Waals surface area contributed by atoms with Gasteiger partial charge in [-0.25, -0.2) is 4.79 Å². The van der Waals surface area contributed by atoms with Crippen LogP contribution in [0.2, 0.25) is 5.02 Å². The van der Waals surface area contributed by atoms with E-state index in [0.29, 0.717) is 36.3 Å². The van der Waals surface area contributed by atoms with Crippen molar-refractivity contribution in [3.8, 4) is 0 Å². The maximum Gasteiger partial charge on any atom is 0.329 e. The number of nitrogens with zero attached hydrogens (tertiary/aromatic N) is 3. The summed E-state index contributed by atoms with van der Waals surface area (Å²) in [4.78, 5) is 45.3. The molecular formula is C28H30ClN5O3. The van der Waals surface area contributed by atoms with Crippen molar-refractivity contribution < 1.29 is 4.79 Å². The number of aromatic nitrogens is 2. The number of benzene rings is 2. The fourth-order valence-corrected chi connectivity index (χ4v) is 6.18. The summed E-state index contributed by atoms with van der Waals surface area (Å²) in [6.07, 6.45) is 5.04. The monoisotopic (exact) mass is 519 g/mol. The van der Waals surface area contributed by atoms with E-state index in [4.69, 9.17) is 11.6 Å². The number of rotatable bonds is 7. The van der Waals surface area contributed by atoms with Gasteiger partial charge in [-0.3, -0.25) is 19.1 Å². The van der Waals surface area contributed by atoms with Crippen LogP contribution in [0, 0.1) is 0 Å². The van der Waals surface area contributed by atoms with Gasteiger partial charge in [0.2, 0.25) is 5.91 Å². The summed E-state index contributed by atoms with van der Waals surface area (Å²) >= 11 is 6.01. The van der Waals surface area contributed by atoms with Gasteiger partial charge in [0.25, 0.3) is 5.56 Å². The number of carbonyl (C=O) groups excluding carboxylic acids is 1. The molecule has 2 fully saturated rings. The summed E-state index contributed by atoms with van der Waals surface area (Å²) in [6.45, 7) is 1.73. The predicted molar refractivity (Wildman–Crippen MR) is 145 cm³/mol. The van der Waals surface area contributed by atoms with Gasteiger partial charge >= 0.3 is 5.69 Å². The van der Waals surface area contributed by atoms with Crippen molar-refractivity contribution in [3.63, 3.8) is 0 Å². The number of anilines is 3. The molecule has 3 heterocycles. The second kappa shape index (κ2) is 9.74. The number of aryl methyl sites for hydroxylation is 2. The number of carbonyl (C=O) groups is 1. The largest absolute Gasteiger partial charge is 0.365 e. The highest BCUT2D eigenvalue weighted by Gasteiger charge is 2.44. The number of H-pyrrole nitrogens is 1. The molecule has 0 radical (unpaired) electrons. The molecule has 1 aromatic heterocycles. The van der Waals surface area contributed by atoms with Gasteiger partial charge in [0.1, 0.15) is 5.82 Å². The molecule has 3 aliphatic rings. The molecule has 0 saturated carbocycles. The number of halogens is 1. The molecule has 2 N–H and O–H groups in total. The Bertz CT molecular complexity index is 1420.